The van der Waals surface area contributed by atoms with E-state index >= 15 is 0 Å². The molecule has 40 heavy (non-hydrogen) atoms. The fourth-order valence-electron chi connectivity index (χ4n) is 6.43. The molecule has 0 bridgehead atoms. The molecule has 0 spiro atoms. The minimum Gasteiger partial charge on any atom is -0.273 e. The van der Waals surface area contributed by atoms with Gasteiger partial charge in [0.25, 0.3) is 0 Å². The van der Waals surface area contributed by atoms with Crippen LogP contribution in [0.15, 0.2) is 24.3 Å². The Labute approximate surface area is 251 Å². The summed E-state index contributed by atoms with van der Waals surface area (Å²) in [5.41, 5.74) is 2.72. The summed E-state index contributed by atoms with van der Waals surface area (Å²) in [6.45, 7) is 5.45. The van der Waals surface area contributed by atoms with E-state index in [-0.39, 0.29) is 0 Å². The normalized spacial score (nSPS) is 15.1. The lowest BCUT2D eigenvalue weighted by atomic mass is 9.99. The summed E-state index contributed by atoms with van der Waals surface area (Å²) in [5.74, 6) is 0. The zero-order valence-corrected chi connectivity index (χ0v) is 27.2. The third-order valence-electron chi connectivity index (χ3n) is 9.19. The molecule has 0 aliphatic carbocycles. The Morgan fingerprint density at radius 3 is 1.35 bits per heavy atom. The quantitative estimate of drug-likeness (QED) is 0.0953. The summed E-state index contributed by atoms with van der Waals surface area (Å²) in [6.07, 6.45) is 39.9. The molecule has 0 saturated carbocycles. The van der Waals surface area contributed by atoms with E-state index in [1.165, 1.54) is 191 Å². The van der Waals surface area contributed by atoms with Crippen molar-refractivity contribution in [3.05, 3.63) is 29.8 Å². The SMILES string of the molecule is CCCCCCCCCCCCCCCCCCCCCCCCCCCCON1c2ccccc2CCC1C. The molecule has 0 aromatic heterocycles. The maximum Gasteiger partial charge on any atom is 0.0748 e. The van der Waals surface area contributed by atoms with Crippen molar-refractivity contribution in [3.8, 4) is 0 Å². The van der Waals surface area contributed by atoms with Crippen LogP contribution in [-0.2, 0) is 11.3 Å². The van der Waals surface area contributed by atoms with Crippen LogP contribution in [0.4, 0.5) is 5.69 Å². The molecule has 2 heteroatoms. The Morgan fingerprint density at radius 1 is 0.550 bits per heavy atom. The maximum absolute atomic E-state index is 6.21. The van der Waals surface area contributed by atoms with Crippen LogP contribution in [-0.4, -0.2) is 12.6 Å². The van der Waals surface area contributed by atoms with Crippen molar-refractivity contribution in [2.45, 2.75) is 200 Å². The molecule has 1 aromatic rings. The van der Waals surface area contributed by atoms with Gasteiger partial charge in [-0.05, 0) is 37.8 Å². The number of benzene rings is 1. The van der Waals surface area contributed by atoms with E-state index in [4.69, 9.17) is 4.84 Å². The first-order chi connectivity index (χ1) is 19.8. The van der Waals surface area contributed by atoms with Crippen LogP contribution in [0.2, 0.25) is 0 Å². The van der Waals surface area contributed by atoms with Gasteiger partial charge in [0.2, 0.25) is 0 Å². The first kappa shape index (κ1) is 35.2. The van der Waals surface area contributed by atoms with E-state index in [1.54, 1.807) is 0 Å². The summed E-state index contributed by atoms with van der Waals surface area (Å²) in [7, 11) is 0. The van der Waals surface area contributed by atoms with Crippen LogP contribution in [0.25, 0.3) is 0 Å². The largest absolute Gasteiger partial charge is 0.273 e. The minimum absolute atomic E-state index is 0.485. The average Bonchev–Trinajstić information content (AvgIpc) is 2.97. The first-order valence-corrected chi connectivity index (χ1v) is 18.3. The third kappa shape index (κ3) is 17.7. The van der Waals surface area contributed by atoms with E-state index in [9.17, 15) is 0 Å². The lowest BCUT2D eigenvalue weighted by molar-refractivity contribution is 0.0805. The number of aryl methyl sites for hydroxylation is 1. The predicted octanol–water partition coefficient (Wildman–Crippen LogP) is 12.9. The molecule has 1 aromatic carbocycles. The number of hydroxylamine groups is 1. The summed E-state index contributed by atoms with van der Waals surface area (Å²) >= 11 is 0. The van der Waals surface area contributed by atoms with Crippen LogP contribution in [0.1, 0.15) is 193 Å². The molecule has 1 atom stereocenters. The first-order valence-electron chi connectivity index (χ1n) is 18.3. The van der Waals surface area contributed by atoms with Gasteiger partial charge in [-0.3, -0.25) is 9.90 Å². The Bertz CT molecular complexity index is 673. The minimum atomic E-state index is 0.485. The summed E-state index contributed by atoms with van der Waals surface area (Å²) in [4.78, 5) is 6.21. The van der Waals surface area contributed by atoms with E-state index in [2.05, 4.69) is 43.2 Å². The molecular formula is C38H69NO. The second-order valence-corrected chi connectivity index (χ2v) is 13.0. The van der Waals surface area contributed by atoms with Gasteiger partial charge < -0.3 is 0 Å². The molecule has 1 aliphatic heterocycles. The van der Waals surface area contributed by atoms with Crippen molar-refractivity contribution < 1.29 is 4.84 Å². The third-order valence-corrected chi connectivity index (χ3v) is 9.19. The van der Waals surface area contributed by atoms with Gasteiger partial charge in [-0.1, -0.05) is 186 Å². The van der Waals surface area contributed by atoms with Gasteiger partial charge in [0.05, 0.1) is 18.3 Å². The molecular weight excluding hydrogens is 486 g/mol. The molecule has 1 aliphatic rings. The lowest BCUT2D eigenvalue weighted by Gasteiger charge is -2.35. The average molecular weight is 556 g/mol. The van der Waals surface area contributed by atoms with Crippen molar-refractivity contribution in [3.63, 3.8) is 0 Å². The number of anilines is 1. The van der Waals surface area contributed by atoms with E-state index in [1.807, 2.05) is 0 Å². The number of nitrogens with zero attached hydrogens (tertiary/aromatic N) is 1. The van der Waals surface area contributed by atoms with E-state index in [0.29, 0.717) is 6.04 Å². The van der Waals surface area contributed by atoms with Gasteiger partial charge in [-0.15, -0.1) is 0 Å². The highest BCUT2D eigenvalue weighted by atomic mass is 16.7. The Hall–Kier alpha value is -1.02. The number of hydrogen-bond acceptors (Lipinski definition) is 2. The zero-order valence-electron chi connectivity index (χ0n) is 27.2. The van der Waals surface area contributed by atoms with Crippen molar-refractivity contribution in [2.24, 2.45) is 0 Å². The molecule has 0 radical (unpaired) electrons. The maximum atomic E-state index is 6.21. The van der Waals surface area contributed by atoms with E-state index < -0.39 is 0 Å². The molecule has 0 N–H and O–H groups in total. The molecule has 2 rings (SSSR count). The van der Waals surface area contributed by atoms with Crippen molar-refractivity contribution in [1.82, 2.24) is 0 Å². The van der Waals surface area contributed by atoms with Crippen molar-refractivity contribution >= 4 is 5.69 Å². The van der Waals surface area contributed by atoms with Crippen LogP contribution < -0.4 is 5.06 Å². The van der Waals surface area contributed by atoms with Gasteiger partial charge in [0.15, 0.2) is 0 Å². The summed E-state index contributed by atoms with van der Waals surface area (Å²) in [6, 6.07) is 9.23. The van der Waals surface area contributed by atoms with Gasteiger partial charge in [-0.25, -0.2) is 0 Å². The number of rotatable bonds is 28. The number of hydrogen-bond donors (Lipinski definition) is 0. The summed E-state index contributed by atoms with van der Waals surface area (Å²) in [5, 5.41) is 2.18. The second-order valence-electron chi connectivity index (χ2n) is 13.0. The van der Waals surface area contributed by atoms with Gasteiger partial charge in [0, 0.05) is 0 Å². The number of fused-ring (bicyclic) bond motifs is 1. The second kappa shape index (κ2) is 25.7. The van der Waals surface area contributed by atoms with Crippen molar-refractivity contribution in [1.29, 1.82) is 0 Å². The molecule has 1 unspecified atom stereocenters. The topological polar surface area (TPSA) is 12.5 Å². The van der Waals surface area contributed by atoms with E-state index in [0.717, 1.165) is 6.61 Å². The van der Waals surface area contributed by atoms with Gasteiger partial charge >= 0.3 is 0 Å². The van der Waals surface area contributed by atoms with Crippen LogP contribution >= 0.6 is 0 Å². The monoisotopic (exact) mass is 556 g/mol. The Balaban J connectivity index is 1.23. The highest BCUT2D eigenvalue weighted by Gasteiger charge is 2.23. The van der Waals surface area contributed by atoms with Gasteiger partial charge in [-0.2, -0.15) is 0 Å². The molecule has 0 fully saturated rings. The number of unbranched alkanes of at least 4 members (excludes halogenated alkanes) is 25. The molecule has 1 heterocycles. The Morgan fingerprint density at radius 2 is 0.925 bits per heavy atom. The standard InChI is InChI=1S/C38H69NO/c1-3-4-5-6-7-8-9-10-11-12-13-14-15-16-17-18-19-20-21-22-23-24-25-26-27-30-35-40-39-36(2)33-34-37-31-28-29-32-38(37)39/h28-29,31-32,36H,3-27,30,33-35H2,1-2H3. The van der Waals surface area contributed by atoms with Gasteiger partial charge in [0.1, 0.15) is 0 Å². The Kier molecular flexibility index (Phi) is 22.6. The van der Waals surface area contributed by atoms with Crippen LogP contribution in [0.3, 0.4) is 0 Å². The molecule has 2 nitrogen and oxygen atoms in total. The predicted molar refractivity (Wildman–Crippen MR) is 178 cm³/mol. The highest BCUT2D eigenvalue weighted by molar-refractivity contribution is 5.54. The summed E-state index contributed by atoms with van der Waals surface area (Å²) < 4.78 is 0. The molecule has 232 valence electrons. The van der Waals surface area contributed by atoms with Crippen molar-refractivity contribution in [2.75, 3.05) is 11.7 Å². The number of para-hydroxylation sites is 1. The van der Waals surface area contributed by atoms with Crippen LogP contribution in [0.5, 0.6) is 0 Å². The smallest absolute Gasteiger partial charge is 0.0748 e. The van der Waals surface area contributed by atoms with Crippen LogP contribution in [0, 0.1) is 0 Å². The fraction of sp³-hybridized carbons (Fsp3) is 0.842. The molecule has 0 amide bonds. The fourth-order valence-corrected chi connectivity index (χ4v) is 6.43. The lowest BCUT2D eigenvalue weighted by Crippen LogP contribution is -2.37. The molecule has 0 saturated heterocycles. The highest BCUT2D eigenvalue weighted by Crippen LogP contribution is 2.30. The zero-order chi connectivity index (χ0) is 28.4.